The summed E-state index contributed by atoms with van der Waals surface area (Å²) in [5, 5.41) is 0. The molecule has 0 aliphatic carbocycles. The molecule has 10 heteroatoms. The fourth-order valence-corrected chi connectivity index (χ4v) is 0. The molecule has 0 aliphatic rings. The van der Waals surface area contributed by atoms with Gasteiger partial charge in [-0.05, 0) is 13.0 Å². The first-order valence-corrected chi connectivity index (χ1v) is 3.96. The van der Waals surface area contributed by atoms with Crippen LogP contribution in [-0.4, -0.2) is 21.2 Å². The van der Waals surface area contributed by atoms with Crippen LogP contribution in [0.1, 0.15) is 13.3 Å². The standard InChI is InChI=1S/C3H9N.2ClH.2H3N.H3O4P/c1-2-3-4;;;;;1-5(2,3)4/h2-4H2,1H3;2*1H;2*1H3;(H3,1,2,3,4). The highest BCUT2D eigenvalue weighted by molar-refractivity contribution is 7.45. The summed E-state index contributed by atoms with van der Waals surface area (Å²) >= 11 is 0. The topological polar surface area (TPSA) is 174 Å². The van der Waals surface area contributed by atoms with E-state index in [1.54, 1.807) is 0 Å². The van der Waals surface area contributed by atoms with Crippen LogP contribution in [-0.2, 0) is 4.57 Å². The van der Waals surface area contributed by atoms with Crippen LogP contribution in [0.15, 0.2) is 0 Å². The Kier molecular flexibility index (Phi) is 65.9. The summed E-state index contributed by atoms with van der Waals surface area (Å²) in [6, 6.07) is 0. The molecule has 0 amide bonds. The van der Waals surface area contributed by atoms with E-state index in [2.05, 4.69) is 6.92 Å². The third kappa shape index (κ3) is 570. The first kappa shape index (κ1) is 37.4. The summed E-state index contributed by atoms with van der Waals surface area (Å²) in [5.41, 5.74) is 5.03. The van der Waals surface area contributed by atoms with Crippen molar-refractivity contribution in [3.05, 3.63) is 0 Å². The van der Waals surface area contributed by atoms with Crippen molar-refractivity contribution >= 4 is 32.6 Å². The van der Waals surface area contributed by atoms with E-state index in [0.717, 1.165) is 13.0 Å². The molecular weight excluding hydrogens is 244 g/mol. The van der Waals surface area contributed by atoms with Gasteiger partial charge in [-0.1, -0.05) is 6.92 Å². The summed E-state index contributed by atoms with van der Waals surface area (Å²) < 4.78 is 8.88. The normalized spacial score (nSPS) is 6.85. The molecule has 0 fully saturated rings. The van der Waals surface area contributed by atoms with Crippen molar-refractivity contribution in [1.82, 2.24) is 12.3 Å². The maximum absolute atomic E-state index is 8.88. The minimum atomic E-state index is -4.64. The van der Waals surface area contributed by atoms with Crippen molar-refractivity contribution in [1.29, 1.82) is 0 Å². The zero-order valence-electron chi connectivity index (χ0n) is 7.42. The van der Waals surface area contributed by atoms with Gasteiger partial charge in [-0.2, -0.15) is 0 Å². The van der Waals surface area contributed by atoms with E-state index in [1.807, 2.05) is 0 Å². The maximum atomic E-state index is 8.88. The van der Waals surface area contributed by atoms with Crippen LogP contribution in [0.25, 0.3) is 0 Å². The molecule has 0 heterocycles. The second-order valence-corrected chi connectivity index (χ2v) is 2.33. The lowest BCUT2D eigenvalue weighted by atomic mass is 10.5. The lowest BCUT2D eigenvalue weighted by Crippen LogP contribution is -1.93. The Morgan fingerprint density at radius 3 is 1.23 bits per heavy atom. The van der Waals surface area contributed by atoms with E-state index in [1.165, 1.54) is 0 Å². The number of phosphoric acid groups is 1. The second kappa shape index (κ2) is 22.9. The van der Waals surface area contributed by atoms with Gasteiger partial charge in [-0.3, -0.25) is 0 Å². The van der Waals surface area contributed by atoms with Crippen LogP contribution in [0.3, 0.4) is 0 Å². The second-order valence-electron chi connectivity index (χ2n) is 1.30. The SMILES string of the molecule is CCCN.Cl.Cl.N.N.O=P(O)(O)O. The van der Waals surface area contributed by atoms with Crippen molar-refractivity contribution in [3.63, 3.8) is 0 Å². The lowest BCUT2D eigenvalue weighted by molar-refractivity contribution is 0.275. The smallest absolute Gasteiger partial charge is 0.344 e. The van der Waals surface area contributed by atoms with Gasteiger partial charge < -0.3 is 32.7 Å². The van der Waals surface area contributed by atoms with E-state index in [9.17, 15) is 0 Å². The van der Waals surface area contributed by atoms with Crippen LogP contribution < -0.4 is 18.0 Å². The van der Waals surface area contributed by atoms with Crippen molar-refractivity contribution in [3.8, 4) is 0 Å². The molecule has 0 aliphatic heterocycles. The summed E-state index contributed by atoms with van der Waals surface area (Å²) in [6.45, 7) is 2.88. The zero-order valence-corrected chi connectivity index (χ0v) is 9.95. The van der Waals surface area contributed by atoms with Gasteiger partial charge in [0.25, 0.3) is 0 Å². The molecule has 0 aromatic rings. The van der Waals surface area contributed by atoms with Gasteiger partial charge in [0.2, 0.25) is 0 Å². The zero-order chi connectivity index (χ0) is 7.91. The highest BCUT2D eigenvalue weighted by Gasteiger charge is 2.00. The van der Waals surface area contributed by atoms with Crippen molar-refractivity contribution in [2.24, 2.45) is 5.73 Å². The Hall–Kier alpha value is 0.570. The van der Waals surface area contributed by atoms with Gasteiger partial charge in [-0.25, -0.2) is 4.57 Å². The number of hydrogen-bond acceptors (Lipinski definition) is 4. The van der Waals surface area contributed by atoms with E-state index < -0.39 is 7.82 Å². The van der Waals surface area contributed by atoms with E-state index in [4.69, 9.17) is 25.0 Å². The number of rotatable bonds is 1. The molecule has 0 aromatic carbocycles. The van der Waals surface area contributed by atoms with Gasteiger partial charge >= 0.3 is 7.82 Å². The van der Waals surface area contributed by atoms with Crippen molar-refractivity contribution in [2.75, 3.05) is 6.54 Å². The van der Waals surface area contributed by atoms with Crippen LogP contribution >= 0.6 is 32.6 Å². The van der Waals surface area contributed by atoms with Crippen LogP contribution in [0.5, 0.6) is 0 Å². The van der Waals surface area contributed by atoms with E-state index >= 15 is 0 Å². The van der Waals surface area contributed by atoms with Crippen molar-refractivity contribution in [2.45, 2.75) is 13.3 Å². The van der Waals surface area contributed by atoms with Crippen molar-refractivity contribution < 1.29 is 19.2 Å². The Morgan fingerprint density at radius 1 is 1.15 bits per heavy atom. The monoisotopic (exact) mass is 263 g/mol. The third-order valence-corrected chi connectivity index (χ3v) is 0.289. The molecule has 0 rings (SSSR count). The van der Waals surface area contributed by atoms with Gasteiger partial charge in [-0.15, -0.1) is 24.8 Å². The highest BCUT2D eigenvalue weighted by atomic mass is 35.5. The predicted octanol–water partition coefficient (Wildman–Crippen LogP) is 0.594. The molecule has 0 radical (unpaired) electrons. The first-order valence-electron chi connectivity index (χ1n) is 2.40. The highest BCUT2D eigenvalue weighted by Crippen LogP contribution is 2.25. The Morgan fingerprint density at radius 2 is 1.23 bits per heavy atom. The Bertz CT molecular complexity index is 92.4. The fourth-order valence-electron chi connectivity index (χ4n) is 0. The quantitative estimate of drug-likeness (QED) is 0.375. The molecule has 0 spiro atoms. The molecule has 0 saturated heterocycles. The number of halogens is 2. The first-order chi connectivity index (χ1) is 3.91. The molecule has 13 heavy (non-hydrogen) atoms. The molecular formula is C3H20Cl2N3O4P. The summed E-state index contributed by atoms with van der Waals surface area (Å²) in [5.74, 6) is 0. The Balaban J connectivity index is -0.0000000146. The van der Waals surface area contributed by atoms with Gasteiger partial charge in [0, 0.05) is 0 Å². The van der Waals surface area contributed by atoms with Gasteiger partial charge in [0.1, 0.15) is 0 Å². The number of nitrogens with two attached hydrogens (primary N) is 1. The van der Waals surface area contributed by atoms with Gasteiger partial charge in [0.15, 0.2) is 0 Å². The summed E-state index contributed by atoms with van der Waals surface area (Å²) in [6.07, 6.45) is 1.10. The third-order valence-electron chi connectivity index (χ3n) is 0.289. The summed E-state index contributed by atoms with van der Waals surface area (Å²) in [4.78, 5) is 21.6. The lowest BCUT2D eigenvalue weighted by Gasteiger charge is -1.82. The van der Waals surface area contributed by atoms with Gasteiger partial charge in [0.05, 0.1) is 0 Å². The average molecular weight is 264 g/mol. The van der Waals surface area contributed by atoms with Crippen LogP contribution in [0.2, 0.25) is 0 Å². The summed E-state index contributed by atoms with van der Waals surface area (Å²) in [7, 11) is -4.64. The molecule has 0 saturated carbocycles. The largest absolute Gasteiger partial charge is 0.466 e. The molecule has 0 atom stereocenters. The molecule has 11 N–H and O–H groups in total. The average Bonchev–Trinajstić information content (AvgIpc) is 1.61. The maximum Gasteiger partial charge on any atom is 0.466 e. The minimum absolute atomic E-state index is 0. The molecule has 7 nitrogen and oxygen atoms in total. The van der Waals surface area contributed by atoms with E-state index in [-0.39, 0.29) is 37.1 Å². The number of hydrogen-bond donors (Lipinski definition) is 6. The predicted molar refractivity (Wildman–Crippen MR) is 58.1 cm³/mol. The van der Waals surface area contributed by atoms with Crippen LogP contribution in [0, 0.1) is 0 Å². The minimum Gasteiger partial charge on any atom is -0.344 e. The molecule has 0 bridgehead atoms. The fraction of sp³-hybridized carbons (Fsp3) is 1.00. The molecule has 0 aromatic heterocycles. The van der Waals surface area contributed by atoms with E-state index in [0.29, 0.717) is 0 Å². The van der Waals surface area contributed by atoms with Crippen LogP contribution in [0.4, 0.5) is 0 Å². The Labute approximate surface area is 90.3 Å². The molecule has 0 unspecified atom stereocenters. The molecule has 90 valence electrons.